The van der Waals surface area contributed by atoms with Crippen LogP contribution in [0, 0.1) is 0 Å². The molecule has 154 valence electrons. The first-order chi connectivity index (χ1) is 14.0. The minimum absolute atomic E-state index is 0.0202. The summed E-state index contributed by atoms with van der Waals surface area (Å²) in [5, 5.41) is 0.447. The summed E-state index contributed by atoms with van der Waals surface area (Å²) >= 11 is 6.30. The number of methoxy groups -OCH3 is 2. The minimum Gasteiger partial charge on any atom is -0.497 e. The van der Waals surface area contributed by atoms with Crippen molar-refractivity contribution < 1.29 is 19.0 Å². The monoisotopic (exact) mass is 415 g/mol. The number of carbonyl (C=O) groups excluding carboxylic acids is 1. The van der Waals surface area contributed by atoms with Crippen LogP contribution < -0.4 is 14.2 Å². The number of amides is 1. The molecular weight excluding hydrogens is 390 g/mol. The third-order valence-electron chi connectivity index (χ3n) is 4.74. The highest BCUT2D eigenvalue weighted by Gasteiger charge is 2.31. The molecule has 0 aliphatic heterocycles. The predicted molar refractivity (Wildman–Crippen MR) is 115 cm³/mol. The third kappa shape index (κ3) is 5.45. The third-order valence-corrected chi connectivity index (χ3v) is 5.02. The van der Waals surface area contributed by atoms with Crippen LogP contribution in [0.4, 0.5) is 0 Å². The van der Waals surface area contributed by atoms with E-state index in [9.17, 15) is 4.79 Å². The molecule has 0 aromatic heterocycles. The maximum atomic E-state index is 12.9. The van der Waals surface area contributed by atoms with Crippen molar-refractivity contribution in [3.8, 4) is 17.2 Å². The van der Waals surface area contributed by atoms with Crippen LogP contribution in [0.2, 0.25) is 5.02 Å². The largest absolute Gasteiger partial charge is 0.497 e. The van der Waals surface area contributed by atoms with Crippen molar-refractivity contribution in [3.63, 3.8) is 0 Å². The van der Waals surface area contributed by atoms with E-state index in [1.807, 2.05) is 42.2 Å². The number of benzene rings is 2. The highest BCUT2D eigenvalue weighted by molar-refractivity contribution is 6.32. The maximum Gasteiger partial charge on any atom is 0.247 e. The van der Waals surface area contributed by atoms with Gasteiger partial charge >= 0.3 is 0 Å². The van der Waals surface area contributed by atoms with Crippen LogP contribution in [0.15, 0.2) is 42.5 Å². The van der Waals surface area contributed by atoms with Gasteiger partial charge in [-0.3, -0.25) is 4.79 Å². The SMILES string of the molecule is CCOc1cc(/C=C/C(=O)N(Cc2ccc(OC)cc2)C2CC2)cc(Cl)c1OC. The van der Waals surface area contributed by atoms with Crippen LogP contribution >= 0.6 is 11.6 Å². The lowest BCUT2D eigenvalue weighted by molar-refractivity contribution is -0.127. The zero-order valence-corrected chi connectivity index (χ0v) is 17.7. The van der Waals surface area contributed by atoms with Gasteiger partial charge in [-0.15, -0.1) is 0 Å². The van der Waals surface area contributed by atoms with Crippen molar-refractivity contribution in [2.24, 2.45) is 0 Å². The molecule has 2 aromatic rings. The molecule has 0 spiro atoms. The molecule has 1 amide bonds. The number of hydrogen-bond acceptors (Lipinski definition) is 4. The Kier molecular flexibility index (Phi) is 7.04. The maximum absolute atomic E-state index is 12.9. The molecule has 2 aromatic carbocycles. The number of ether oxygens (including phenoxy) is 3. The van der Waals surface area contributed by atoms with Crippen molar-refractivity contribution in [1.29, 1.82) is 0 Å². The van der Waals surface area contributed by atoms with Gasteiger partial charge in [0.25, 0.3) is 0 Å². The van der Waals surface area contributed by atoms with E-state index in [0.29, 0.717) is 35.7 Å². The zero-order valence-electron chi connectivity index (χ0n) is 17.0. The summed E-state index contributed by atoms with van der Waals surface area (Å²) in [5.74, 6) is 1.84. The van der Waals surface area contributed by atoms with Gasteiger partial charge < -0.3 is 19.1 Å². The van der Waals surface area contributed by atoms with Crippen LogP contribution in [0.1, 0.15) is 30.9 Å². The minimum atomic E-state index is -0.0202. The second kappa shape index (κ2) is 9.70. The first kappa shape index (κ1) is 21.1. The van der Waals surface area contributed by atoms with Gasteiger partial charge in [-0.1, -0.05) is 23.7 Å². The number of hydrogen-bond donors (Lipinski definition) is 0. The van der Waals surface area contributed by atoms with Crippen molar-refractivity contribution >= 4 is 23.6 Å². The molecule has 1 aliphatic carbocycles. The first-order valence-corrected chi connectivity index (χ1v) is 10.1. The lowest BCUT2D eigenvalue weighted by Gasteiger charge is -2.21. The highest BCUT2D eigenvalue weighted by atomic mass is 35.5. The summed E-state index contributed by atoms with van der Waals surface area (Å²) < 4.78 is 16.1. The van der Waals surface area contributed by atoms with E-state index in [1.165, 1.54) is 0 Å². The molecule has 0 unspecified atom stereocenters. The van der Waals surface area contributed by atoms with E-state index in [0.717, 1.165) is 29.7 Å². The average molecular weight is 416 g/mol. The van der Waals surface area contributed by atoms with Crippen molar-refractivity contribution in [2.75, 3.05) is 20.8 Å². The molecule has 6 heteroatoms. The summed E-state index contributed by atoms with van der Waals surface area (Å²) in [4.78, 5) is 14.8. The fraction of sp³-hybridized carbons (Fsp3) is 0.348. The number of carbonyl (C=O) groups is 1. The molecule has 0 bridgehead atoms. The summed E-state index contributed by atoms with van der Waals surface area (Å²) in [7, 11) is 3.19. The van der Waals surface area contributed by atoms with Crippen LogP contribution in [0.25, 0.3) is 6.08 Å². The Labute approximate surface area is 176 Å². The lowest BCUT2D eigenvalue weighted by atomic mass is 10.1. The first-order valence-electron chi connectivity index (χ1n) is 9.67. The molecule has 1 fully saturated rings. The molecule has 0 atom stereocenters. The second-order valence-electron chi connectivity index (χ2n) is 6.85. The summed E-state index contributed by atoms with van der Waals surface area (Å²) in [6.07, 6.45) is 5.44. The Morgan fingerprint density at radius 2 is 1.90 bits per heavy atom. The number of nitrogens with zero attached hydrogens (tertiary/aromatic N) is 1. The fourth-order valence-electron chi connectivity index (χ4n) is 3.11. The number of rotatable bonds is 9. The summed E-state index contributed by atoms with van der Waals surface area (Å²) in [6, 6.07) is 11.7. The molecule has 0 N–H and O–H groups in total. The van der Waals surface area contributed by atoms with Crippen LogP contribution in [-0.2, 0) is 11.3 Å². The fourth-order valence-corrected chi connectivity index (χ4v) is 3.41. The van der Waals surface area contributed by atoms with Gasteiger partial charge in [-0.2, -0.15) is 0 Å². The van der Waals surface area contributed by atoms with Gasteiger partial charge in [0.05, 0.1) is 25.8 Å². The molecular formula is C23H26ClNO4. The van der Waals surface area contributed by atoms with Crippen molar-refractivity contribution in [1.82, 2.24) is 4.90 Å². The van der Waals surface area contributed by atoms with E-state index in [4.69, 9.17) is 25.8 Å². The molecule has 0 radical (unpaired) electrons. The molecule has 0 heterocycles. The van der Waals surface area contributed by atoms with Gasteiger partial charge in [0.15, 0.2) is 11.5 Å². The standard InChI is InChI=1S/C23H26ClNO4/c1-4-29-21-14-17(13-20(24)23(21)28-3)7-12-22(26)25(18-8-9-18)15-16-5-10-19(27-2)11-6-16/h5-7,10-14,18H,4,8-9,15H2,1-3H3/b12-7+. The molecule has 29 heavy (non-hydrogen) atoms. The lowest BCUT2D eigenvalue weighted by Crippen LogP contribution is -2.31. The second-order valence-corrected chi connectivity index (χ2v) is 7.25. The Hall–Kier alpha value is -2.66. The van der Waals surface area contributed by atoms with Gasteiger partial charge in [0, 0.05) is 18.7 Å². The number of halogens is 1. The normalized spacial score (nSPS) is 13.4. The van der Waals surface area contributed by atoms with Gasteiger partial charge in [-0.25, -0.2) is 0 Å². The van der Waals surface area contributed by atoms with Crippen LogP contribution in [0.5, 0.6) is 17.2 Å². The highest BCUT2D eigenvalue weighted by Crippen LogP contribution is 2.37. The van der Waals surface area contributed by atoms with Crippen molar-refractivity contribution in [3.05, 3.63) is 58.6 Å². The smallest absolute Gasteiger partial charge is 0.247 e. The van der Waals surface area contributed by atoms with Gasteiger partial charge in [0.1, 0.15) is 5.75 Å². The average Bonchev–Trinajstić information content (AvgIpc) is 3.56. The van der Waals surface area contributed by atoms with Crippen LogP contribution in [0.3, 0.4) is 0 Å². The Morgan fingerprint density at radius 3 is 2.48 bits per heavy atom. The van der Waals surface area contributed by atoms with E-state index < -0.39 is 0 Å². The quantitative estimate of drug-likeness (QED) is 0.543. The van der Waals surface area contributed by atoms with E-state index in [-0.39, 0.29) is 5.91 Å². The van der Waals surface area contributed by atoms with Gasteiger partial charge in [0.2, 0.25) is 5.91 Å². The Balaban J connectivity index is 1.75. The predicted octanol–water partition coefficient (Wildman–Crippen LogP) is 4.96. The Bertz CT molecular complexity index is 875. The zero-order chi connectivity index (χ0) is 20.8. The van der Waals surface area contributed by atoms with E-state index >= 15 is 0 Å². The topological polar surface area (TPSA) is 48.0 Å². The van der Waals surface area contributed by atoms with E-state index in [2.05, 4.69) is 0 Å². The van der Waals surface area contributed by atoms with Crippen molar-refractivity contribution in [2.45, 2.75) is 32.4 Å². The molecule has 0 saturated heterocycles. The van der Waals surface area contributed by atoms with Gasteiger partial charge in [-0.05, 0) is 61.2 Å². The summed E-state index contributed by atoms with van der Waals surface area (Å²) in [6.45, 7) is 2.97. The Morgan fingerprint density at radius 1 is 1.17 bits per heavy atom. The molecule has 5 nitrogen and oxygen atoms in total. The van der Waals surface area contributed by atoms with Crippen LogP contribution in [-0.4, -0.2) is 37.7 Å². The van der Waals surface area contributed by atoms with E-state index in [1.54, 1.807) is 32.4 Å². The molecule has 1 aliphatic rings. The summed E-state index contributed by atoms with van der Waals surface area (Å²) in [5.41, 5.74) is 1.86. The molecule has 1 saturated carbocycles. The molecule has 3 rings (SSSR count).